The minimum atomic E-state index is -0.576. The second kappa shape index (κ2) is 8.47. The van der Waals surface area contributed by atoms with E-state index in [1.807, 2.05) is 31.2 Å². The Morgan fingerprint density at radius 3 is 2.83 bits per heavy atom. The highest BCUT2D eigenvalue weighted by Gasteiger charge is 2.11. The Kier molecular flexibility index (Phi) is 6.34. The number of benzene rings is 1. The van der Waals surface area contributed by atoms with Gasteiger partial charge in [0, 0.05) is 17.1 Å². The lowest BCUT2D eigenvalue weighted by Crippen LogP contribution is -2.25. The number of aryl methyl sites for hydroxylation is 1. The van der Waals surface area contributed by atoms with Crippen molar-refractivity contribution in [1.29, 1.82) is 0 Å². The summed E-state index contributed by atoms with van der Waals surface area (Å²) < 4.78 is 12.7. The summed E-state index contributed by atoms with van der Waals surface area (Å²) in [5.41, 5.74) is -0.123. The molecule has 122 valence electrons. The third-order valence-electron chi connectivity index (χ3n) is 2.89. The number of hydrogen-bond acceptors (Lipinski definition) is 5. The molecule has 0 saturated heterocycles. The Bertz CT molecular complexity index is 730. The number of ether oxygens (including phenoxy) is 2. The summed E-state index contributed by atoms with van der Waals surface area (Å²) >= 11 is 3.35. The summed E-state index contributed by atoms with van der Waals surface area (Å²) in [5, 5.41) is 3.99. The zero-order chi connectivity index (χ0) is 16.7. The number of nitrogens with zero attached hydrogens (tertiary/aromatic N) is 2. The average Bonchev–Trinajstić information content (AvgIpc) is 2.54. The lowest BCUT2D eigenvalue weighted by Gasteiger charge is -2.08. The Hall–Kier alpha value is -2.15. The van der Waals surface area contributed by atoms with Gasteiger partial charge in [-0.1, -0.05) is 28.9 Å². The van der Waals surface area contributed by atoms with Gasteiger partial charge in [-0.25, -0.2) is 9.48 Å². The molecule has 0 N–H and O–H groups in total. The normalized spacial score (nSPS) is 10.3. The maximum Gasteiger partial charge on any atom is 0.358 e. The van der Waals surface area contributed by atoms with Crippen LogP contribution in [0.3, 0.4) is 0 Å². The van der Waals surface area contributed by atoms with Crippen molar-refractivity contribution in [1.82, 2.24) is 9.78 Å². The summed E-state index contributed by atoms with van der Waals surface area (Å²) in [6.07, 6.45) is 0.756. The number of esters is 1. The fourth-order valence-corrected chi connectivity index (χ4v) is 2.23. The van der Waals surface area contributed by atoms with Gasteiger partial charge >= 0.3 is 5.97 Å². The first-order valence-electron chi connectivity index (χ1n) is 7.24. The van der Waals surface area contributed by atoms with Gasteiger partial charge in [0.25, 0.3) is 5.56 Å². The molecule has 0 aliphatic carbocycles. The van der Waals surface area contributed by atoms with E-state index in [4.69, 9.17) is 9.47 Å². The van der Waals surface area contributed by atoms with Gasteiger partial charge in [-0.2, -0.15) is 5.10 Å². The van der Waals surface area contributed by atoms with Crippen molar-refractivity contribution < 1.29 is 14.3 Å². The van der Waals surface area contributed by atoms with Gasteiger partial charge in [-0.15, -0.1) is 0 Å². The maximum absolute atomic E-state index is 11.9. The van der Waals surface area contributed by atoms with E-state index in [0.29, 0.717) is 12.3 Å². The predicted octanol–water partition coefficient (Wildman–Crippen LogP) is 2.65. The molecule has 0 amide bonds. The monoisotopic (exact) mass is 380 g/mol. The molecule has 0 aliphatic heterocycles. The van der Waals surface area contributed by atoms with Crippen LogP contribution in [0.1, 0.15) is 23.8 Å². The van der Waals surface area contributed by atoms with Crippen molar-refractivity contribution >= 4 is 21.9 Å². The number of halogens is 1. The zero-order valence-corrected chi connectivity index (χ0v) is 14.3. The van der Waals surface area contributed by atoms with Crippen LogP contribution >= 0.6 is 15.9 Å². The highest BCUT2D eigenvalue weighted by Crippen LogP contribution is 2.17. The molecule has 0 atom stereocenters. The van der Waals surface area contributed by atoms with Crippen LogP contribution in [0.5, 0.6) is 5.75 Å². The molecule has 2 aromatic rings. The minimum Gasteiger partial charge on any atom is -0.490 e. The molecule has 6 nitrogen and oxygen atoms in total. The SMILES string of the molecule is CCCn1nc(C(=O)OCCOc2cccc(Br)c2)ccc1=O. The molecule has 0 spiro atoms. The van der Waals surface area contributed by atoms with Crippen molar-refractivity contribution in [2.45, 2.75) is 19.9 Å². The minimum absolute atomic E-state index is 0.0972. The summed E-state index contributed by atoms with van der Waals surface area (Å²) in [7, 11) is 0. The quantitative estimate of drug-likeness (QED) is 0.545. The van der Waals surface area contributed by atoms with Crippen molar-refractivity contribution in [3.8, 4) is 5.75 Å². The Morgan fingerprint density at radius 2 is 2.09 bits per heavy atom. The van der Waals surface area contributed by atoms with Crippen molar-refractivity contribution in [2.75, 3.05) is 13.2 Å². The molecule has 0 bridgehead atoms. The van der Waals surface area contributed by atoms with E-state index >= 15 is 0 Å². The van der Waals surface area contributed by atoms with Crippen LogP contribution in [0.25, 0.3) is 0 Å². The van der Waals surface area contributed by atoms with Gasteiger partial charge in [-0.3, -0.25) is 4.79 Å². The number of carbonyl (C=O) groups is 1. The van der Waals surface area contributed by atoms with Crippen LogP contribution in [0.4, 0.5) is 0 Å². The first-order valence-corrected chi connectivity index (χ1v) is 8.03. The molecule has 2 rings (SSSR count). The van der Waals surface area contributed by atoms with E-state index in [0.717, 1.165) is 10.9 Å². The van der Waals surface area contributed by atoms with Crippen LogP contribution in [0, 0.1) is 0 Å². The fraction of sp³-hybridized carbons (Fsp3) is 0.312. The summed E-state index contributed by atoms with van der Waals surface area (Å²) in [6.45, 7) is 2.72. The fourth-order valence-electron chi connectivity index (χ4n) is 1.85. The highest BCUT2D eigenvalue weighted by atomic mass is 79.9. The highest BCUT2D eigenvalue weighted by molar-refractivity contribution is 9.10. The maximum atomic E-state index is 11.9. The Balaban J connectivity index is 1.85. The Labute approximate surface area is 142 Å². The second-order valence-electron chi connectivity index (χ2n) is 4.72. The van der Waals surface area contributed by atoms with E-state index in [9.17, 15) is 9.59 Å². The van der Waals surface area contributed by atoms with Gasteiger partial charge in [0.05, 0.1) is 0 Å². The topological polar surface area (TPSA) is 70.4 Å². The van der Waals surface area contributed by atoms with Gasteiger partial charge in [-0.05, 0) is 30.7 Å². The number of rotatable bonds is 7. The van der Waals surface area contributed by atoms with Crippen LogP contribution in [-0.2, 0) is 11.3 Å². The van der Waals surface area contributed by atoms with Gasteiger partial charge in [0.2, 0.25) is 0 Å². The molecule has 1 aromatic carbocycles. The lowest BCUT2D eigenvalue weighted by atomic mass is 10.3. The molecule has 1 aromatic heterocycles. The number of carbonyl (C=O) groups excluding carboxylic acids is 1. The summed E-state index contributed by atoms with van der Waals surface area (Å²) in [4.78, 5) is 23.5. The standard InChI is InChI=1S/C16H17BrN2O4/c1-2-8-19-15(20)7-6-14(18-19)16(21)23-10-9-22-13-5-3-4-12(17)11-13/h3-7,11H,2,8-10H2,1H3. The molecule has 0 radical (unpaired) electrons. The first-order chi connectivity index (χ1) is 11.1. The summed E-state index contributed by atoms with van der Waals surface area (Å²) in [5.74, 6) is 0.109. The molecular weight excluding hydrogens is 364 g/mol. The zero-order valence-electron chi connectivity index (χ0n) is 12.7. The molecular formula is C16H17BrN2O4. The molecule has 7 heteroatoms. The van der Waals surface area contributed by atoms with Crippen LogP contribution in [0.15, 0.2) is 45.7 Å². The molecule has 23 heavy (non-hydrogen) atoms. The average molecular weight is 381 g/mol. The second-order valence-corrected chi connectivity index (χ2v) is 5.64. The first kappa shape index (κ1) is 17.2. The predicted molar refractivity (Wildman–Crippen MR) is 88.7 cm³/mol. The van der Waals surface area contributed by atoms with E-state index in [1.54, 1.807) is 0 Å². The number of hydrogen-bond donors (Lipinski definition) is 0. The van der Waals surface area contributed by atoms with Gasteiger partial charge in [0.1, 0.15) is 19.0 Å². The molecule has 1 heterocycles. The van der Waals surface area contributed by atoms with Gasteiger partial charge in [0.15, 0.2) is 5.69 Å². The molecule has 0 unspecified atom stereocenters. The van der Waals surface area contributed by atoms with Crippen LogP contribution in [0.2, 0.25) is 0 Å². The van der Waals surface area contributed by atoms with E-state index in [1.165, 1.54) is 16.8 Å². The largest absolute Gasteiger partial charge is 0.490 e. The lowest BCUT2D eigenvalue weighted by molar-refractivity contribution is 0.0440. The van der Waals surface area contributed by atoms with Gasteiger partial charge < -0.3 is 9.47 Å². The van der Waals surface area contributed by atoms with E-state index in [2.05, 4.69) is 21.0 Å². The molecule has 0 aliphatic rings. The van der Waals surface area contributed by atoms with Crippen molar-refractivity contribution in [3.05, 3.63) is 56.9 Å². The Morgan fingerprint density at radius 1 is 1.26 bits per heavy atom. The van der Waals surface area contributed by atoms with E-state index < -0.39 is 5.97 Å². The van der Waals surface area contributed by atoms with Crippen molar-refractivity contribution in [2.24, 2.45) is 0 Å². The van der Waals surface area contributed by atoms with Crippen molar-refractivity contribution in [3.63, 3.8) is 0 Å². The number of aromatic nitrogens is 2. The molecule has 0 fully saturated rings. The molecule has 0 saturated carbocycles. The van der Waals surface area contributed by atoms with Crippen LogP contribution < -0.4 is 10.3 Å². The van der Waals surface area contributed by atoms with Crippen LogP contribution in [-0.4, -0.2) is 29.0 Å². The summed E-state index contributed by atoms with van der Waals surface area (Å²) in [6, 6.07) is 10.1. The van der Waals surface area contributed by atoms with E-state index in [-0.39, 0.29) is 24.5 Å². The third-order valence-corrected chi connectivity index (χ3v) is 3.39. The third kappa shape index (κ3) is 5.21. The smallest absolute Gasteiger partial charge is 0.358 e.